The Labute approximate surface area is 206 Å². The Kier molecular flexibility index (Phi) is 20.3. The minimum absolute atomic E-state index is 0.310. The van der Waals surface area contributed by atoms with Gasteiger partial charge in [-0.25, -0.2) is 0 Å². The molecular weight excluding hydrogens is 440 g/mol. The van der Waals surface area contributed by atoms with Crippen LogP contribution in [0.5, 0.6) is 0 Å². The van der Waals surface area contributed by atoms with Crippen LogP contribution in [-0.2, 0) is 37.9 Å². The molecule has 0 N–H and O–H groups in total. The zero-order chi connectivity index (χ0) is 24.7. The van der Waals surface area contributed by atoms with Crippen LogP contribution in [0, 0.1) is 0 Å². The molecule has 0 saturated carbocycles. The van der Waals surface area contributed by atoms with Gasteiger partial charge in [0.05, 0.1) is 92.5 Å². The van der Waals surface area contributed by atoms with Gasteiger partial charge in [-0.1, -0.05) is 38.1 Å². The predicted octanol–water partition coefficient (Wildman–Crippen LogP) is 3.29. The lowest BCUT2D eigenvalue weighted by Gasteiger charge is -2.17. The summed E-state index contributed by atoms with van der Waals surface area (Å²) in [4.78, 5) is 0. The highest BCUT2D eigenvalue weighted by molar-refractivity contribution is 5.28. The summed E-state index contributed by atoms with van der Waals surface area (Å²) in [6.45, 7) is 12.7. The summed E-state index contributed by atoms with van der Waals surface area (Å²) in [5, 5.41) is 0. The first-order chi connectivity index (χ1) is 16.7. The van der Waals surface area contributed by atoms with Crippen molar-refractivity contribution in [2.24, 2.45) is 0 Å². The van der Waals surface area contributed by atoms with Crippen molar-refractivity contribution in [2.45, 2.75) is 25.7 Å². The highest BCUT2D eigenvalue weighted by atomic mass is 16.6. The lowest BCUT2D eigenvalue weighted by molar-refractivity contribution is 0.00211. The van der Waals surface area contributed by atoms with E-state index < -0.39 is 0 Å². The van der Waals surface area contributed by atoms with Crippen LogP contribution >= 0.6 is 0 Å². The molecule has 0 aromatic heterocycles. The van der Waals surface area contributed by atoms with Crippen molar-refractivity contribution in [3.05, 3.63) is 35.4 Å². The third kappa shape index (κ3) is 16.5. The molecule has 1 rings (SSSR count). The molecule has 0 fully saturated rings. The van der Waals surface area contributed by atoms with Crippen LogP contribution < -0.4 is 0 Å². The molecule has 8 heteroatoms. The molecule has 1 aromatic rings. The van der Waals surface area contributed by atoms with Crippen LogP contribution in [0.15, 0.2) is 24.3 Å². The SMILES string of the molecule is COCCOCCOCCOCC(C)c1cccc(C(C)COCCOCCOCCOC)c1. The van der Waals surface area contributed by atoms with E-state index in [9.17, 15) is 0 Å². The molecule has 0 radical (unpaired) electrons. The van der Waals surface area contributed by atoms with Gasteiger partial charge in [0.2, 0.25) is 0 Å². The number of methoxy groups -OCH3 is 2. The second-order valence-electron chi connectivity index (χ2n) is 8.06. The molecule has 0 heterocycles. The van der Waals surface area contributed by atoms with Crippen molar-refractivity contribution in [2.75, 3.05) is 107 Å². The highest BCUT2D eigenvalue weighted by Gasteiger charge is 2.10. The Morgan fingerprint density at radius 3 is 1.18 bits per heavy atom. The van der Waals surface area contributed by atoms with Crippen LogP contribution in [0.1, 0.15) is 36.8 Å². The monoisotopic (exact) mass is 486 g/mol. The molecule has 1 aromatic carbocycles. The third-order valence-corrected chi connectivity index (χ3v) is 5.14. The Balaban J connectivity index is 2.12. The van der Waals surface area contributed by atoms with Crippen LogP contribution in [0.25, 0.3) is 0 Å². The Bertz CT molecular complexity index is 526. The molecule has 0 saturated heterocycles. The zero-order valence-corrected chi connectivity index (χ0v) is 21.6. The van der Waals surface area contributed by atoms with Gasteiger partial charge in [-0.05, 0) is 11.1 Å². The molecule has 34 heavy (non-hydrogen) atoms. The van der Waals surface area contributed by atoms with E-state index in [0.717, 1.165) is 0 Å². The lowest BCUT2D eigenvalue weighted by Crippen LogP contribution is -2.14. The van der Waals surface area contributed by atoms with Crippen molar-refractivity contribution >= 4 is 0 Å². The van der Waals surface area contributed by atoms with E-state index in [-0.39, 0.29) is 0 Å². The standard InChI is InChI=1S/C26H46O8/c1-23(21-33-18-16-31-14-12-29-10-8-27-3)25-6-5-7-26(20-25)24(2)22-34-19-17-32-15-13-30-11-9-28-4/h5-7,20,23-24H,8-19,21-22H2,1-4H3. The summed E-state index contributed by atoms with van der Waals surface area (Å²) >= 11 is 0. The van der Waals surface area contributed by atoms with E-state index in [0.29, 0.717) is 104 Å². The van der Waals surface area contributed by atoms with Crippen LogP contribution in [0.2, 0.25) is 0 Å². The largest absolute Gasteiger partial charge is 0.382 e. The van der Waals surface area contributed by atoms with Crippen molar-refractivity contribution in [1.29, 1.82) is 0 Å². The molecule has 0 aliphatic heterocycles. The number of benzene rings is 1. The van der Waals surface area contributed by atoms with Crippen molar-refractivity contribution in [1.82, 2.24) is 0 Å². The highest BCUT2D eigenvalue weighted by Crippen LogP contribution is 2.22. The van der Waals surface area contributed by atoms with Gasteiger partial charge in [-0.3, -0.25) is 0 Å². The maximum absolute atomic E-state index is 5.79. The first-order valence-corrected chi connectivity index (χ1v) is 12.2. The smallest absolute Gasteiger partial charge is 0.0701 e. The third-order valence-electron chi connectivity index (χ3n) is 5.14. The quantitative estimate of drug-likeness (QED) is 0.206. The molecule has 8 nitrogen and oxygen atoms in total. The number of rotatable bonds is 24. The fourth-order valence-electron chi connectivity index (χ4n) is 3.05. The average Bonchev–Trinajstić information content (AvgIpc) is 2.86. The second kappa shape index (κ2) is 22.4. The van der Waals surface area contributed by atoms with E-state index in [1.165, 1.54) is 11.1 Å². The minimum atomic E-state index is 0.310. The molecule has 0 aliphatic carbocycles. The molecule has 0 aliphatic rings. The fraction of sp³-hybridized carbons (Fsp3) is 0.769. The van der Waals surface area contributed by atoms with E-state index in [2.05, 4.69) is 38.1 Å². The summed E-state index contributed by atoms with van der Waals surface area (Å²) in [5.41, 5.74) is 2.54. The first-order valence-electron chi connectivity index (χ1n) is 12.2. The zero-order valence-electron chi connectivity index (χ0n) is 21.6. The van der Waals surface area contributed by atoms with Gasteiger partial charge < -0.3 is 37.9 Å². The van der Waals surface area contributed by atoms with E-state index >= 15 is 0 Å². The van der Waals surface area contributed by atoms with Crippen molar-refractivity contribution < 1.29 is 37.9 Å². The van der Waals surface area contributed by atoms with Gasteiger partial charge in [-0.2, -0.15) is 0 Å². The maximum Gasteiger partial charge on any atom is 0.0701 e. The van der Waals surface area contributed by atoms with Gasteiger partial charge in [-0.15, -0.1) is 0 Å². The fourth-order valence-corrected chi connectivity index (χ4v) is 3.05. The molecule has 2 unspecified atom stereocenters. The van der Waals surface area contributed by atoms with Gasteiger partial charge in [0.1, 0.15) is 0 Å². The summed E-state index contributed by atoms with van der Waals surface area (Å²) in [7, 11) is 3.32. The lowest BCUT2D eigenvalue weighted by atomic mass is 9.95. The van der Waals surface area contributed by atoms with Crippen molar-refractivity contribution in [3.8, 4) is 0 Å². The maximum atomic E-state index is 5.79. The normalized spacial score (nSPS) is 13.3. The van der Waals surface area contributed by atoms with Crippen LogP contribution in [0.3, 0.4) is 0 Å². The summed E-state index contributed by atoms with van der Waals surface area (Å²) in [6.07, 6.45) is 0. The predicted molar refractivity (Wildman–Crippen MR) is 132 cm³/mol. The number of hydrogen-bond donors (Lipinski definition) is 0. The van der Waals surface area contributed by atoms with Gasteiger partial charge >= 0.3 is 0 Å². The molecule has 0 bridgehead atoms. The molecule has 198 valence electrons. The minimum Gasteiger partial charge on any atom is -0.382 e. The Hall–Kier alpha value is -1.10. The number of hydrogen-bond acceptors (Lipinski definition) is 8. The van der Waals surface area contributed by atoms with E-state index in [1.54, 1.807) is 14.2 Å². The molecule has 0 amide bonds. The molecular formula is C26H46O8. The van der Waals surface area contributed by atoms with Crippen molar-refractivity contribution in [3.63, 3.8) is 0 Å². The second-order valence-corrected chi connectivity index (χ2v) is 8.06. The van der Waals surface area contributed by atoms with E-state index in [4.69, 9.17) is 37.9 Å². The topological polar surface area (TPSA) is 73.8 Å². The molecule has 2 atom stereocenters. The first kappa shape index (κ1) is 30.9. The van der Waals surface area contributed by atoms with Gasteiger partial charge in [0.15, 0.2) is 0 Å². The molecule has 0 spiro atoms. The Morgan fingerprint density at radius 2 is 0.824 bits per heavy atom. The summed E-state index contributed by atoms with van der Waals surface area (Å²) < 4.78 is 43.2. The van der Waals surface area contributed by atoms with Gasteiger partial charge in [0.25, 0.3) is 0 Å². The van der Waals surface area contributed by atoms with Crippen LogP contribution in [-0.4, -0.2) is 107 Å². The van der Waals surface area contributed by atoms with Gasteiger partial charge in [0, 0.05) is 26.1 Å². The van der Waals surface area contributed by atoms with E-state index in [1.807, 2.05) is 0 Å². The number of ether oxygens (including phenoxy) is 8. The Morgan fingerprint density at radius 1 is 0.500 bits per heavy atom. The summed E-state index contributed by atoms with van der Waals surface area (Å²) in [5.74, 6) is 0.620. The average molecular weight is 487 g/mol. The van der Waals surface area contributed by atoms with Crippen LogP contribution in [0.4, 0.5) is 0 Å². The summed E-state index contributed by atoms with van der Waals surface area (Å²) in [6, 6.07) is 8.67.